The van der Waals surface area contributed by atoms with Crippen molar-refractivity contribution >= 4 is 28.3 Å². The maximum Gasteiger partial charge on any atom is 0.228 e. The predicted octanol–water partition coefficient (Wildman–Crippen LogP) is 2.36. The van der Waals surface area contributed by atoms with Gasteiger partial charge in [-0.05, 0) is 18.9 Å². The zero-order chi connectivity index (χ0) is 13.9. The molecule has 0 spiro atoms. The standard InChI is InChI=1S/C13H15N5OS/c1-9(19)18-7-2-4-11(18)10-8-20-13(16-10)17-12-14-5-3-6-15-12/h3,5-6,8,11H,2,4,7H2,1H3,(H,14,15,16,17). The van der Waals surface area contributed by atoms with E-state index < -0.39 is 0 Å². The molecule has 3 rings (SSSR count). The van der Waals surface area contributed by atoms with Crippen LogP contribution < -0.4 is 5.32 Å². The monoisotopic (exact) mass is 289 g/mol. The number of nitrogens with zero attached hydrogens (tertiary/aromatic N) is 4. The lowest BCUT2D eigenvalue weighted by atomic mass is 10.2. The van der Waals surface area contributed by atoms with Gasteiger partial charge in [-0.3, -0.25) is 4.79 Å². The zero-order valence-electron chi connectivity index (χ0n) is 11.1. The van der Waals surface area contributed by atoms with E-state index in [0.29, 0.717) is 5.95 Å². The topological polar surface area (TPSA) is 71.0 Å². The van der Waals surface area contributed by atoms with Gasteiger partial charge in [-0.1, -0.05) is 0 Å². The third kappa shape index (κ3) is 2.62. The molecule has 0 aliphatic carbocycles. The van der Waals surface area contributed by atoms with Crippen molar-refractivity contribution < 1.29 is 4.79 Å². The lowest BCUT2D eigenvalue weighted by Crippen LogP contribution is -2.28. The Bertz CT molecular complexity index is 600. The maximum atomic E-state index is 11.6. The molecule has 0 aromatic carbocycles. The lowest BCUT2D eigenvalue weighted by Gasteiger charge is -2.21. The first-order chi connectivity index (χ1) is 9.74. The van der Waals surface area contributed by atoms with E-state index in [9.17, 15) is 4.79 Å². The molecule has 1 aliphatic heterocycles. The number of anilines is 2. The van der Waals surface area contributed by atoms with Gasteiger partial charge < -0.3 is 10.2 Å². The van der Waals surface area contributed by atoms with Crippen LogP contribution in [0.2, 0.25) is 0 Å². The summed E-state index contributed by atoms with van der Waals surface area (Å²) in [7, 11) is 0. The number of nitrogens with one attached hydrogen (secondary N) is 1. The summed E-state index contributed by atoms with van der Waals surface area (Å²) in [5, 5.41) is 5.82. The van der Waals surface area contributed by atoms with Crippen LogP contribution in [0.15, 0.2) is 23.8 Å². The van der Waals surface area contributed by atoms with Gasteiger partial charge in [0.05, 0.1) is 11.7 Å². The number of carbonyl (C=O) groups excluding carboxylic acids is 1. The molecule has 1 N–H and O–H groups in total. The van der Waals surface area contributed by atoms with E-state index in [4.69, 9.17) is 0 Å². The fourth-order valence-corrected chi connectivity index (χ4v) is 3.16. The van der Waals surface area contributed by atoms with E-state index in [1.807, 2.05) is 10.3 Å². The molecule has 1 aliphatic rings. The largest absolute Gasteiger partial charge is 0.334 e. The lowest BCUT2D eigenvalue weighted by molar-refractivity contribution is -0.129. The van der Waals surface area contributed by atoms with Gasteiger partial charge in [-0.15, -0.1) is 11.3 Å². The number of aromatic nitrogens is 3. The Morgan fingerprint density at radius 3 is 3.00 bits per heavy atom. The fraction of sp³-hybridized carbons (Fsp3) is 0.385. The van der Waals surface area contributed by atoms with E-state index in [0.717, 1.165) is 30.2 Å². The van der Waals surface area contributed by atoms with Crippen LogP contribution in [-0.2, 0) is 4.79 Å². The maximum absolute atomic E-state index is 11.6. The highest BCUT2D eigenvalue weighted by atomic mass is 32.1. The van der Waals surface area contributed by atoms with Gasteiger partial charge in [0.2, 0.25) is 11.9 Å². The van der Waals surface area contributed by atoms with Crippen LogP contribution in [0.25, 0.3) is 0 Å². The Morgan fingerprint density at radius 1 is 1.45 bits per heavy atom. The molecule has 7 heteroatoms. The van der Waals surface area contributed by atoms with Crippen molar-refractivity contribution in [3.8, 4) is 0 Å². The van der Waals surface area contributed by atoms with E-state index in [-0.39, 0.29) is 11.9 Å². The summed E-state index contributed by atoms with van der Waals surface area (Å²) < 4.78 is 0. The van der Waals surface area contributed by atoms with Crippen molar-refractivity contribution in [1.82, 2.24) is 19.9 Å². The highest BCUT2D eigenvalue weighted by molar-refractivity contribution is 7.13. The zero-order valence-corrected chi connectivity index (χ0v) is 11.9. The van der Waals surface area contributed by atoms with E-state index >= 15 is 0 Å². The quantitative estimate of drug-likeness (QED) is 0.939. The van der Waals surface area contributed by atoms with Gasteiger partial charge in [-0.25, -0.2) is 15.0 Å². The van der Waals surface area contributed by atoms with Crippen molar-refractivity contribution in [2.24, 2.45) is 0 Å². The molecular formula is C13H15N5OS. The molecule has 2 aromatic rings. The van der Waals surface area contributed by atoms with Gasteiger partial charge in [0.15, 0.2) is 5.13 Å². The first-order valence-corrected chi connectivity index (χ1v) is 7.38. The molecule has 104 valence electrons. The van der Waals surface area contributed by atoms with Crippen molar-refractivity contribution in [1.29, 1.82) is 0 Å². The van der Waals surface area contributed by atoms with Gasteiger partial charge in [0.1, 0.15) is 0 Å². The number of rotatable bonds is 3. The van der Waals surface area contributed by atoms with Crippen molar-refractivity contribution in [3.05, 3.63) is 29.5 Å². The molecule has 1 unspecified atom stereocenters. The molecule has 20 heavy (non-hydrogen) atoms. The number of thiazole rings is 1. The molecule has 6 nitrogen and oxygen atoms in total. The van der Waals surface area contributed by atoms with Crippen LogP contribution in [0.5, 0.6) is 0 Å². The molecule has 0 radical (unpaired) electrons. The highest BCUT2D eigenvalue weighted by Gasteiger charge is 2.29. The number of hydrogen-bond acceptors (Lipinski definition) is 6. The smallest absolute Gasteiger partial charge is 0.228 e. The van der Waals surface area contributed by atoms with Crippen LogP contribution in [-0.4, -0.2) is 32.3 Å². The van der Waals surface area contributed by atoms with E-state index in [2.05, 4.69) is 20.3 Å². The summed E-state index contributed by atoms with van der Waals surface area (Å²) in [6.45, 7) is 2.43. The molecule has 1 fully saturated rings. The van der Waals surface area contributed by atoms with Crippen LogP contribution in [0.4, 0.5) is 11.1 Å². The molecule has 1 amide bonds. The Morgan fingerprint density at radius 2 is 2.25 bits per heavy atom. The minimum absolute atomic E-state index is 0.107. The van der Waals surface area contributed by atoms with Crippen LogP contribution in [0, 0.1) is 0 Å². The number of hydrogen-bond donors (Lipinski definition) is 1. The second-order valence-corrected chi connectivity index (χ2v) is 5.50. The summed E-state index contributed by atoms with van der Waals surface area (Å²) in [4.78, 5) is 26.2. The van der Waals surface area contributed by atoms with Crippen molar-refractivity contribution in [3.63, 3.8) is 0 Å². The number of carbonyl (C=O) groups is 1. The van der Waals surface area contributed by atoms with Gasteiger partial charge >= 0.3 is 0 Å². The first kappa shape index (κ1) is 13.0. The number of amides is 1. The third-order valence-corrected chi connectivity index (χ3v) is 4.08. The minimum Gasteiger partial charge on any atom is -0.334 e. The first-order valence-electron chi connectivity index (χ1n) is 6.51. The summed E-state index contributed by atoms with van der Waals surface area (Å²) in [5.74, 6) is 0.643. The second kappa shape index (κ2) is 5.54. The molecule has 0 saturated carbocycles. The van der Waals surface area contributed by atoms with Crippen LogP contribution in [0.1, 0.15) is 31.5 Å². The average molecular weight is 289 g/mol. The van der Waals surface area contributed by atoms with Crippen LogP contribution >= 0.6 is 11.3 Å². The Kier molecular flexibility index (Phi) is 3.60. The molecular weight excluding hydrogens is 274 g/mol. The average Bonchev–Trinajstić information content (AvgIpc) is 3.07. The fourth-order valence-electron chi connectivity index (χ4n) is 2.41. The van der Waals surface area contributed by atoms with E-state index in [1.54, 1.807) is 25.4 Å². The molecule has 1 saturated heterocycles. The molecule has 1 atom stereocenters. The third-order valence-electron chi connectivity index (χ3n) is 3.31. The highest BCUT2D eigenvalue weighted by Crippen LogP contribution is 2.33. The second-order valence-electron chi connectivity index (χ2n) is 4.65. The Labute approximate surface area is 120 Å². The summed E-state index contributed by atoms with van der Waals surface area (Å²) in [6, 6.07) is 1.87. The summed E-state index contributed by atoms with van der Waals surface area (Å²) >= 11 is 1.50. The predicted molar refractivity (Wildman–Crippen MR) is 76.8 cm³/mol. The van der Waals surface area contributed by atoms with Gasteiger partial charge in [-0.2, -0.15) is 0 Å². The van der Waals surface area contributed by atoms with Crippen LogP contribution in [0.3, 0.4) is 0 Å². The summed E-state index contributed by atoms with van der Waals surface area (Å²) in [5.41, 5.74) is 0.945. The van der Waals surface area contributed by atoms with Crippen molar-refractivity contribution in [2.75, 3.05) is 11.9 Å². The molecule has 2 aromatic heterocycles. The minimum atomic E-state index is 0.107. The normalized spacial score (nSPS) is 18.2. The molecule has 0 bridgehead atoms. The Hall–Kier alpha value is -2.02. The summed E-state index contributed by atoms with van der Waals surface area (Å²) in [6.07, 6.45) is 5.37. The van der Waals surface area contributed by atoms with Gasteiger partial charge in [0, 0.05) is 31.2 Å². The Balaban J connectivity index is 1.75. The van der Waals surface area contributed by atoms with Crippen molar-refractivity contribution in [2.45, 2.75) is 25.8 Å². The van der Waals surface area contributed by atoms with Gasteiger partial charge in [0.25, 0.3) is 0 Å². The number of likely N-dealkylation sites (tertiary alicyclic amines) is 1. The molecule has 3 heterocycles. The van der Waals surface area contributed by atoms with E-state index in [1.165, 1.54) is 11.3 Å². The SMILES string of the molecule is CC(=O)N1CCCC1c1csc(Nc2ncccn2)n1.